The van der Waals surface area contributed by atoms with Crippen molar-refractivity contribution in [3.63, 3.8) is 0 Å². The molecule has 0 bridgehead atoms. The number of benzene rings is 2. The maximum atomic E-state index is 13.2. The van der Waals surface area contributed by atoms with Crippen LogP contribution in [0.4, 0.5) is 28.8 Å². The number of likely N-dealkylation sites (tertiary alicyclic amines) is 1. The van der Waals surface area contributed by atoms with Gasteiger partial charge in [-0.1, -0.05) is 24.6 Å². The van der Waals surface area contributed by atoms with Crippen LogP contribution in [0.15, 0.2) is 30.5 Å². The molecule has 2 aromatic carbocycles. The number of aryl methyl sites for hydroxylation is 2. The number of anilines is 5. The van der Waals surface area contributed by atoms with Crippen LogP contribution in [0.3, 0.4) is 0 Å². The Morgan fingerprint density at radius 1 is 1.05 bits per heavy atom. The predicted molar refractivity (Wildman–Crippen MR) is 172 cm³/mol. The van der Waals surface area contributed by atoms with Crippen molar-refractivity contribution in [2.45, 2.75) is 40.5 Å². The highest BCUT2D eigenvalue weighted by atomic mass is 35.5. The van der Waals surface area contributed by atoms with Crippen molar-refractivity contribution in [1.29, 1.82) is 0 Å². The van der Waals surface area contributed by atoms with E-state index >= 15 is 0 Å². The van der Waals surface area contributed by atoms with E-state index in [0.717, 1.165) is 53.2 Å². The van der Waals surface area contributed by atoms with Gasteiger partial charge in [-0.3, -0.25) is 0 Å². The fraction of sp³-hybridized carbons (Fsp3) is 0.484. The molecule has 0 saturated carbocycles. The van der Waals surface area contributed by atoms with Crippen LogP contribution in [0, 0.1) is 26.2 Å². The fourth-order valence-corrected chi connectivity index (χ4v) is 8.07. The molecule has 1 spiro atoms. The molecule has 41 heavy (non-hydrogen) atoms. The Kier molecular flexibility index (Phi) is 8.30. The first-order valence-electron chi connectivity index (χ1n) is 14.3. The highest BCUT2D eigenvalue weighted by Gasteiger charge is 2.45. The van der Waals surface area contributed by atoms with E-state index in [-0.39, 0.29) is 0 Å². The number of aromatic nitrogens is 2. The number of nitrogens with zero attached hydrogens (tertiary/aromatic N) is 4. The first-order chi connectivity index (χ1) is 19.4. The molecule has 5 rings (SSSR count). The van der Waals surface area contributed by atoms with Gasteiger partial charge in [0.25, 0.3) is 0 Å². The van der Waals surface area contributed by atoms with E-state index in [2.05, 4.69) is 56.4 Å². The van der Waals surface area contributed by atoms with Crippen molar-refractivity contribution >= 4 is 52.9 Å². The molecule has 220 valence electrons. The van der Waals surface area contributed by atoms with Gasteiger partial charge in [0.2, 0.25) is 5.95 Å². The third-order valence-electron chi connectivity index (χ3n) is 8.76. The largest absolute Gasteiger partial charge is 0.494 e. The van der Waals surface area contributed by atoms with Crippen molar-refractivity contribution < 1.29 is 9.30 Å². The summed E-state index contributed by atoms with van der Waals surface area (Å²) in [5.74, 6) is 1.55. The van der Waals surface area contributed by atoms with Crippen LogP contribution < -0.4 is 25.6 Å². The summed E-state index contributed by atoms with van der Waals surface area (Å²) in [6.45, 7) is 17.7. The molecule has 2 aliphatic heterocycles. The van der Waals surface area contributed by atoms with Crippen LogP contribution in [0.2, 0.25) is 5.02 Å². The minimum atomic E-state index is -2.57. The van der Waals surface area contributed by atoms with Gasteiger partial charge < -0.3 is 29.7 Å². The van der Waals surface area contributed by atoms with Crippen molar-refractivity contribution in [3.8, 4) is 5.75 Å². The lowest BCUT2D eigenvalue weighted by Crippen LogP contribution is -2.60. The standard InChI is InChI=1S/C31H42ClN6O2P/c1-8-37-13-11-31(12-14-37)18-38(19-31)26-16-27(40-5)25(15-21(26)3)35-30-33-17-23(32)29(36-30)34-24-10-9-20(2)22(4)28(24)41(6,7)39/h9-10,15-17H,8,11-14,18-19H2,1-7H3,(H2,33,34,35,36). The number of halogens is 1. The Morgan fingerprint density at radius 3 is 2.39 bits per heavy atom. The summed E-state index contributed by atoms with van der Waals surface area (Å²) >= 11 is 6.51. The predicted octanol–water partition coefficient (Wildman–Crippen LogP) is 6.72. The zero-order valence-corrected chi connectivity index (χ0v) is 26.9. The first-order valence-corrected chi connectivity index (χ1v) is 17.3. The fourth-order valence-electron chi connectivity index (χ4n) is 6.24. The van der Waals surface area contributed by atoms with Gasteiger partial charge in [-0.25, -0.2) is 4.98 Å². The Morgan fingerprint density at radius 2 is 1.76 bits per heavy atom. The maximum absolute atomic E-state index is 13.2. The van der Waals surface area contributed by atoms with Crippen LogP contribution in [-0.4, -0.2) is 68.0 Å². The Balaban J connectivity index is 1.36. The van der Waals surface area contributed by atoms with Gasteiger partial charge >= 0.3 is 0 Å². The van der Waals surface area contributed by atoms with Gasteiger partial charge in [-0.15, -0.1) is 0 Å². The zero-order chi connectivity index (χ0) is 29.5. The molecule has 0 amide bonds. The molecule has 2 fully saturated rings. The highest BCUT2D eigenvalue weighted by molar-refractivity contribution is 7.70. The van der Waals surface area contributed by atoms with E-state index in [1.807, 2.05) is 26.0 Å². The number of piperidine rings is 1. The van der Waals surface area contributed by atoms with Gasteiger partial charge in [0.05, 0.1) is 24.7 Å². The van der Waals surface area contributed by atoms with Crippen LogP contribution in [-0.2, 0) is 4.57 Å². The molecular formula is C31H42ClN6O2P. The molecule has 0 atom stereocenters. The lowest BCUT2D eigenvalue weighted by atomic mass is 9.71. The van der Waals surface area contributed by atoms with E-state index in [0.29, 0.717) is 22.2 Å². The normalized spacial score (nSPS) is 16.9. The second-order valence-corrected chi connectivity index (χ2v) is 15.6. The summed E-state index contributed by atoms with van der Waals surface area (Å²) in [5.41, 5.74) is 6.44. The number of ether oxygens (including phenoxy) is 1. The number of methoxy groups -OCH3 is 1. The molecule has 0 aliphatic carbocycles. The SMILES string of the molecule is CCN1CCC2(CC1)CN(c1cc(OC)c(Nc3ncc(Cl)c(Nc4ccc(C)c(C)c4P(C)(C)=O)n3)cc1C)C2. The third-order valence-corrected chi connectivity index (χ3v) is 10.7. The van der Waals surface area contributed by atoms with Crippen LogP contribution >= 0.6 is 18.7 Å². The van der Waals surface area contributed by atoms with Crippen molar-refractivity contribution in [3.05, 3.63) is 52.2 Å². The van der Waals surface area contributed by atoms with Crippen molar-refractivity contribution in [2.75, 3.05) is 68.7 Å². The summed E-state index contributed by atoms with van der Waals surface area (Å²) in [5, 5.41) is 7.82. The van der Waals surface area contributed by atoms with E-state index in [1.165, 1.54) is 37.2 Å². The monoisotopic (exact) mass is 596 g/mol. The number of nitrogens with one attached hydrogen (secondary N) is 2. The molecule has 10 heteroatoms. The lowest BCUT2D eigenvalue weighted by molar-refractivity contribution is 0.0794. The van der Waals surface area contributed by atoms with Crippen LogP contribution in [0.5, 0.6) is 5.75 Å². The summed E-state index contributed by atoms with van der Waals surface area (Å²) in [4.78, 5) is 14.1. The van der Waals surface area contributed by atoms with Crippen LogP contribution in [0.25, 0.3) is 0 Å². The van der Waals surface area contributed by atoms with Gasteiger partial charge in [0.1, 0.15) is 17.9 Å². The summed E-state index contributed by atoms with van der Waals surface area (Å²) < 4.78 is 19.0. The number of rotatable bonds is 8. The van der Waals surface area contributed by atoms with Gasteiger partial charge in [-0.2, -0.15) is 4.98 Å². The molecule has 2 aliphatic rings. The van der Waals surface area contributed by atoms with Crippen molar-refractivity contribution in [2.24, 2.45) is 5.41 Å². The molecule has 3 heterocycles. The van der Waals surface area contributed by atoms with Gasteiger partial charge in [0, 0.05) is 35.6 Å². The average Bonchev–Trinajstić information content (AvgIpc) is 2.91. The maximum Gasteiger partial charge on any atom is 0.229 e. The van der Waals surface area contributed by atoms with Crippen molar-refractivity contribution in [1.82, 2.24) is 14.9 Å². The van der Waals surface area contributed by atoms with E-state index in [1.54, 1.807) is 26.6 Å². The Bertz CT molecular complexity index is 1490. The topological polar surface area (TPSA) is 82.6 Å². The molecule has 2 saturated heterocycles. The van der Waals surface area contributed by atoms with E-state index < -0.39 is 7.14 Å². The third kappa shape index (κ3) is 6.06. The number of hydrogen-bond donors (Lipinski definition) is 2. The molecule has 8 nitrogen and oxygen atoms in total. The average molecular weight is 597 g/mol. The van der Waals surface area contributed by atoms with Gasteiger partial charge in [0.15, 0.2) is 5.82 Å². The highest BCUT2D eigenvalue weighted by Crippen LogP contribution is 2.45. The summed E-state index contributed by atoms with van der Waals surface area (Å²) in [6, 6.07) is 8.15. The van der Waals surface area contributed by atoms with E-state index in [9.17, 15) is 4.57 Å². The molecule has 0 unspecified atom stereocenters. The van der Waals surface area contributed by atoms with Crippen LogP contribution in [0.1, 0.15) is 36.5 Å². The Labute approximate surface area is 249 Å². The quantitative estimate of drug-likeness (QED) is 0.277. The molecule has 1 aromatic heterocycles. The minimum Gasteiger partial charge on any atom is -0.494 e. The molecular weight excluding hydrogens is 555 g/mol. The lowest BCUT2D eigenvalue weighted by Gasteiger charge is -2.55. The van der Waals surface area contributed by atoms with Gasteiger partial charge in [-0.05, 0) is 95.4 Å². The smallest absolute Gasteiger partial charge is 0.229 e. The second-order valence-electron chi connectivity index (χ2n) is 12.0. The van der Waals surface area contributed by atoms with E-state index in [4.69, 9.17) is 16.3 Å². The minimum absolute atomic E-state index is 0.372. The Hall–Kier alpha value is -2.80. The zero-order valence-electron chi connectivity index (χ0n) is 25.3. The second kappa shape index (κ2) is 11.5. The summed E-state index contributed by atoms with van der Waals surface area (Å²) in [6.07, 6.45) is 4.11. The number of hydrogen-bond acceptors (Lipinski definition) is 8. The molecule has 3 aromatic rings. The molecule has 0 radical (unpaired) electrons. The first kappa shape index (κ1) is 29.7. The molecule has 2 N–H and O–H groups in total. The summed E-state index contributed by atoms with van der Waals surface area (Å²) in [7, 11) is -0.886.